The zero-order valence-electron chi connectivity index (χ0n) is 8.34. The van der Waals surface area contributed by atoms with Crippen molar-refractivity contribution in [2.24, 2.45) is 5.73 Å². The quantitative estimate of drug-likeness (QED) is 0.862. The fourth-order valence-corrected chi connectivity index (χ4v) is 3.09. The number of hydrogen-bond donors (Lipinski definition) is 1. The minimum Gasteiger partial charge on any atom is -0.327 e. The van der Waals surface area contributed by atoms with Gasteiger partial charge in [0, 0.05) is 11.8 Å². The van der Waals surface area contributed by atoms with E-state index in [1.807, 2.05) is 25.1 Å². The van der Waals surface area contributed by atoms with Crippen molar-refractivity contribution in [1.29, 1.82) is 0 Å². The summed E-state index contributed by atoms with van der Waals surface area (Å²) < 4.78 is 2.36. The molecule has 82 valence electrons. The van der Waals surface area contributed by atoms with Crippen LogP contribution in [0.5, 0.6) is 0 Å². The lowest BCUT2D eigenvalue weighted by Gasteiger charge is -1.99. The molecule has 0 fully saturated rings. The van der Waals surface area contributed by atoms with Gasteiger partial charge in [-0.2, -0.15) is 0 Å². The number of rotatable bonds is 3. The molecular weight excluding hydrogens is 248 g/mol. The number of fused-ring (bicyclic) bond motifs is 1. The zero-order chi connectivity index (χ0) is 9.97. The smallest absolute Gasteiger partial charge is 0.151 e. The van der Waals surface area contributed by atoms with Crippen molar-refractivity contribution >= 4 is 45.7 Å². The summed E-state index contributed by atoms with van der Waals surface area (Å²) in [7, 11) is 0. The maximum atomic E-state index is 5.69. The van der Waals surface area contributed by atoms with Crippen LogP contribution >= 0.6 is 35.5 Å². The Labute approximate surface area is 104 Å². The average Bonchev–Trinajstić information content (AvgIpc) is 2.57. The van der Waals surface area contributed by atoms with Gasteiger partial charge in [-0.1, -0.05) is 23.9 Å². The third-order valence-electron chi connectivity index (χ3n) is 1.74. The van der Waals surface area contributed by atoms with E-state index in [1.54, 1.807) is 23.1 Å². The molecule has 1 unspecified atom stereocenters. The molecule has 2 aromatic rings. The van der Waals surface area contributed by atoms with Crippen molar-refractivity contribution in [1.82, 2.24) is 4.98 Å². The van der Waals surface area contributed by atoms with Gasteiger partial charge in [0.05, 0.1) is 10.2 Å². The normalized spacial score (nSPS) is 12.4. The average molecular weight is 261 g/mol. The highest BCUT2D eigenvalue weighted by Crippen LogP contribution is 2.29. The number of benzene rings is 1. The first-order valence-electron chi connectivity index (χ1n) is 4.49. The topological polar surface area (TPSA) is 38.9 Å². The molecule has 2 N–H and O–H groups in total. The van der Waals surface area contributed by atoms with Crippen LogP contribution in [0, 0.1) is 0 Å². The van der Waals surface area contributed by atoms with E-state index in [9.17, 15) is 0 Å². The standard InChI is InChI=1S/C10H12N2S2.ClH/c1-7(11)6-13-10-12-8-4-2-3-5-9(8)14-10;/h2-5,7H,6,11H2,1H3;1H. The summed E-state index contributed by atoms with van der Waals surface area (Å²) in [6.45, 7) is 2.01. The molecule has 1 aromatic carbocycles. The highest BCUT2D eigenvalue weighted by Gasteiger charge is 2.04. The molecule has 0 radical (unpaired) electrons. The minimum atomic E-state index is 0. The Morgan fingerprint density at radius 2 is 2.20 bits per heavy atom. The molecule has 0 bridgehead atoms. The van der Waals surface area contributed by atoms with Gasteiger partial charge in [-0.3, -0.25) is 0 Å². The first-order valence-corrected chi connectivity index (χ1v) is 6.30. The molecule has 15 heavy (non-hydrogen) atoms. The molecule has 5 heteroatoms. The summed E-state index contributed by atoms with van der Waals surface area (Å²) in [5, 5.41) is 0. The molecule has 0 spiro atoms. The van der Waals surface area contributed by atoms with Crippen LogP contribution in [0.2, 0.25) is 0 Å². The number of halogens is 1. The van der Waals surface area contributed by atoms with Gasteiger partial charge in [-0.15, -0.1) is 23.7 Å². The third-order valence-corrected chi connectivity index (χ3v) is 4.21. The second-order valence-electron chi connectivity index (χ2n) is 3.24. The van der Waals surface area contributed by atoms with Crippen LogP contribution in [0.3, 0.4) is 0 Å². The number of nitrogens with zero attached hydrogens (tertiary/aromatic N) is 1. The van der Waals surface area contributed by atoms with Crippen LogP contribution in [0.15, 0.2) is 28.6 Å². The first kappa shape index (κ1) is 12.8. The molecule has 1 heterocycles. The second kappa shape index (κ2) is 5.70. The monoisotopic (exact) mass is 260 g/mol. The van der Waals surface area contributed by atoms with E-state index in [-0.39, 0.29) is 18.4 Å². The van der Waals surface area contributed by atoms with Gasteiger partial charge in [-0.25, -0.2) is 4.98 Å². The zero-order valence-corrected chi connectivity index (χ0v) is 10.8. The predicted octanol–water partition coefficient (Wildman–Crippen LogP) is 3.16. The van der Waals surface area contributed by atoms with Gasteiger partial charge in [0.15, 0.2) is 4.34 Å². The van der Waals surface area contributed by atoms with E-state index in [1.165, 1.54) is 4.70 Å². The number of para-hydroxylation sites is 1. The molecule has 0 aliphatic rings. The summed E-state index contributed by atoms with van der Waals surface area (Å²) in [5.74, 6) is 0.930. The highest BCUT2D eigenvalue weighted by molar-refractivity contribution is 8.01. The summed E-state index contributed by atoms with van der Waals surface area (Å²) in [6.07, 6.45) is 0. The Balaban J connectivity index is 0.00000112. The molecule has 0 saturated heterocycles. The van der Waals surface area contributed by atoms with E-state index >= 15 is 0 Å². The maximum absolute atomic E-state index is 5.69. The van der Waals surface area contributed by atoms with Gasteiger partial charge in [0.1, 0.15) is 0 Å². The van der Waals surface area contributed by atoms with Gasteiger partial charge < -0.3 is 5.73 Å². The predicted molar refractivity (Wildman–Crippen MR) is 71.2 cm³/mol. The molecule has 2 rings (SSSR count). The van der Waals surface area contributed by atoms with E-state index in [2.05, 4.69) is 11.1 Å². The van der Waals surface area contributed by atoms with Crippen molar-refractivity contribution < 1.29 is 0 Å². The Bertz CT molecular complexity index is 395. The largest absolute Gasteiger partial charge is 0.327 e. The fourth-order valence-electron chi connectivity index (χ4n) is 1.12. The summed E-state index contributed by atoms with van der Waals surface area (Å²) in [4.78, 5) is 4.51. The minimum absolute atomic E-state index is 0. The van der Waals surface area contributed by atoms with Gasteiger partial charge in [-0.05, 0) is 19.1 Å². The van der Waals surface area contributed by atoms with Crippen molar-refractivity contribution in [3.63, 3.8) is 0 Å². The Kier molecular flexibility index (Phi) is 4.86. The van der Waals surface area contributed by atoms with Gasteiger partial charge >= 0.3 is 0 Å². The number of nitrogens with two attached hydrogens (primary N) is 1. The summed E-state index contributed by atoms with van der Waals surface area (Å²) >= 11 is 3.47. The molecule has 0 saturated carbocycles. The SMILES string of the molecule is CC(N)CSc1nc2ccccc2s1.Cl. The lowest BCUT2D eigenvalue weighted by atomic mass is 10.3. The fraction of sp³-hybridized carbons (Fsp3) is 0.300. The van der Waals surface area contributed by atoms with Crippen LogP contribution in [0.25, 0.3) is 10.2 Å². The third kappa shape index (κ3) is 3.34. The van der Waals surface area contributed by atoms with Gasteiger partial charge in [0.25, 0.3) is 0 Å². The molecule has 1 atom stereocenters. The van der Waals surface area contributed by atoms with Crippen LogP contribution in [-0.4, -0.2) is 16.8 Å². The first-order chi connectivity index (χ1) is 6.75. The van der Waals surface area contributed by atoms with Crippen molar-refractivity contribution in [2.45, 2.75) is 17.3 Å². The van der Waals surface area contributed by atoms with Crippen LogP contribution < -0.4 is 5.73 Å². The van der Waals surface area contributed by atoms with E-state index < -0.39 is 0 Å². The molecule has 0 aliphatic carbocycles. The molecule has 0 aliphatic heterocycles. The van der Waals surface area contributed by atoms with E-state index in [0.717, 1.165) is 15.6 Å². The Morgan fingerprint density at radius 1 is 1.47 bits per heavy atom. The summed E-state index contributed by atoms with van der Waals surface area (Å²) in [5.41, 5.74) is 6.78. The van der Waals surface area contributed by atoms with Crippen molar-refractivity contribution in [3.8, 4) is 0 Å². The maximum Gasteiger partial charge on any atom is 0.151 e. The number of thioether (sulfide) groups is 1. The Morgan fingerprint density at radius 3 is 2.87 bits per heavy atom. The van der Waals surface area contributed by atoms with E-state index in [0.29, 0.717) is 0 Å². The molecule has 2 nitrogen and oxygen atoms in total. The Hall–Kier alpha value is -0.290. The van der Waals surface area contributed by atoms with Gasteiger partial charge in [0.2, 0.25) is 0 Å². The second-order valence-corrected chi connectivity index (χ2v) is 5.53. The van der Waals surface area contributed by atoms with Crippen molar-refractivity contribution in [2.75, 3.05) is 5.75 Å². The van der Waals surface area contributed by atoms with Crippen LogP contribution in [0.4, 0.5) is 0 Å². The van der Waals surface area contributed by atoms with Crippen molar-refractivity contribution in [3.05, 3.63) is 24.3 Å². The number of aromatic nitrogens is 1. The number of hydrogen-bond acceptors (Lipinski definition) is 4. The number of thiazole rings is 1. The lowest BCUT2D eigenvalue weighted by Crippen LogP contribution is -2.17. The van der Waals surface area contributed by atoms with Crippen LogP contribution in [-0.2, 0) is 0 Å². The van der Waals surface area contributed by atoms with E-state index in [4.69, 9.17) is 5.73 Å². The molecule has 1 aromatic heterocycles. The highest BCUT2D eigenvalue weighted by atomic mass is 35.5. The molecular formula is C10H13ClN2S2. The van der Waals surface area contributed by atoms with Crippen LogP contribution in [0.1, 0.15) is 6.92 Å². The molecule has 0 amide bonds. The summed E-state index contributed by atoms with van der Waals surface area (Å²) in [6, 6.07) is 8.43. The lowest BCUT2D eigenvalue weighted by molar-refractivity contribution is 0.847.